The van der Waals surface area contributed by atoms with Gasteiger partial charge in [0.25, 0.3) is 0 Å². The number of hydrogen-bond donors (Lipinski definition) is 0. The van der Waals surface area contributed by atoms with E-state index in [-0.39, 0.29) is 10.6 Å². The Kier molecular flexibility index (Phi) is 5.67. The predicted molar refractivity (Wildman–Crippen MR) is 95.8 cm³/mol. The number of rotatable bonds is 3. The summed E-state index contributed by atoms with van der Waals surface area (Å²) in [6.07, 6.45) is 11.0. The quantitative estimate of drug-likeness (QED) is 0.535. The third-order valence-corrected chi connectivity index (χ3v) is 9.53. The van der Waals surface area contributed by atoms with Crippen LogP contribution in [-0.2, 0) is 4.43 Å². The molecule has 0 bridgehead atoms. The SMILES string of the molecule is CC(C)(O[Si](C)(C)C(C)(C)C)C1=C/CC/C=C(Br)/C=C\1. The molecular formula is C17H29BrOSi. The summed E-state index contributed by atoms with van der Waals surface area (Å²) in [6, 6.07) is 0. The van der Waals surface area contributed by atoms with E-state index in [0.29, 0.717) is 0 Å². The minimum Gasteiger partial charge on any atom is -0.408 e. The molecule has 3 heteroatoms. The Morgan fingerprint density at radius 3 is 2.10 bits per heavy atom. The van der Waals surface area contributed by atoms with E-state index in [9.17, 15) is 0 Å². The first-order valence-electron chi connectivity index (χ1n) is 7.40. The number of hydrogen-bond acceptors (Lipinski definition) is 1. The van der Waals surface area contributed by atoms with Crippen LogP contribution in [0.15, 0.2) is 34.4 Å². The van der Waals surface area contributed by atoms with Crippen LogP contribution < -0.4 is 0 Å². The largest absolute Gasteiger partial charge is 0.408 e. The lowest BCUT2D eigenvalue weighted by atomic mass is 9.95. The van der Waals surface area contributed by atoms with Crippen LogP contribution in [0.5, 0.6) is 0 Å². The van der Waals surface area contributed by atoms with Crippen molar-refractivity contribution in [1.29, 1.82) is 0 Å². The van der Waals surface area contributed by atoms with Crippen LogP contribution in [0, 0.1) is 0 Å². The molecular weight excluding hydrogens is 328 g/mol. The van der Waals surface area contributed by atoms with Crippen molar-refractivity contribution in [2.75, 3.05) is 0 Å². The molecule has 1 aliphatic rings. The van der Waals surface area contributed by atoms with Crippen molar-refractivity contribution in [3.63, 3.8) is 0 Å². The summed E-state index contributed by atoms with van der Waals surface area (Å²) in [4.78, 5) is 0. The summed E-state index contributed by atoms with van der Waals surface area (Å²) < 4.78 is 7.80. The second-order valence-corrected chi connectivity index (χ2v) is 13.2. The number of allylic oxidation sites excluding steroid dienone is 4. The van der Waals surface area contributed by atoms with E-state index in [1.54, 1.807) is 0 Å². The van der Waals surface area contributed by atoms with E-state index in [4.69, 9.17) is 4.43 Å². The fourth-order valence-corrected chi connectivity index (χ4v) is 4.12. The molecule has 0 spiro atoms. The van der Waals surface area contributed by atoms with E-state index >= 15 is 0 Å². The number of halogens is 1. The fourth-order valence-electron chi connectivity index (χ4n) is 2.06. The highest BCUT2D eigenvalue weighted by atomic mass is 79.9. The van der Waals surface area contributed by atoms with Crippen LogP contribution >= 0.6 is 15.9 Å². The summed E-state index contributed by atoms with van der Waals surface area (Å²) >= 11 is 3.58. The molecule has 0 aromatic rings. The van der Waals surface area contributed by atoms with Crippen LogP contribution in [0.4, 0.5) is 0 Å². The maximum atomic E-state index is 6.65. The van der Waals surface area contributed by atoms with Crippen molar-refractivity contribution >= 4 is 24.2 Å². The van der Waals surface area contributed by atoms with Gasteiger partial charge in [0.05, 0.1) is 5.60 Å². The van der Waals surface area contributed by atoms with Crippen LogP contribution in [0.25, 0.3) is 0 Å². The Morgan fingerprint density at radius 1 is 1.00 bits per heavy atom. The van der Waals surface area contributed by atoms with E-state index in [2.05, 4.69) is 87.9 Å². The molecule has 0 heterocycles. The average molecular weight is 357 g/mol. The first kappa shape index (κ1) is 17.9. The Hall–Kier alpha value is -0.123. The summed E-state index contributed by atoms with van der Waals surface area (Å²) in [6.45, 7) is 15.9. The van der Waals surface area contributed by atoms with Gasteiger partial charge < -0.3 is 4.43 Å². The molecule has 0 aromatic carbocycles. The van der Waals surface area contributed by atoms with Gasteiger partial charge in [-0.1, -0.05) is 54.9 Å². The summed E-state index contributed by atoms with van der Waals surface area (Å²) in [7, 11) is -1.77. The maximum Gasteiger partial charge on any atom is 0.193 e. The molecule has 0 N–H and O–H groups in total. The van der Waals surface area contributed by atoms with E-state index in [1.165, 1.54) is 5.57 Å². The van der Waals surface area contributed by atoms with Gasteiger partial charge in [-0.15, -0.1) is 0 Å². The molecule has 0 atom stereocenters. The normalized spacial score (nSPS) is 25.0. The van der Waals surface area contributed by atoms with Crippen molar-refractivity contribution in [1.82, 2.24) is 0 Å². The minimum absolute atomic E-state index is 0.232. The van der Waals surface area contributed by atoms with Crippen LogP contribution in [-0.4, -0.2) is 13.9 Å². The zero-order valence-electron chi connectivity index (χ0n) is 14.0. The summed E-state index contributed by atoms with van der Waals surface area (Å²) in [5.74, 6) is 0. The lowest BCUT2D eigenvalue weighted by Gasteiger charge is -2.43. The van der Waals surface area contributed by atoms with Crippen molar-refractivity contribution in [3.05, 3.63) is 34.4 Å². The first-order valence-corrected chi connectivity index (χ1v) is 11.1. The fraction of sp³-hybridized carbons (Fsp3) is 0.647. The molecule has 1 aliphatic carbocycles. The molecule has 0 aromatic heterocycles. The Balaban J connectivity index is 2.99. The smallest absolute Gasteiger partial charge is 0.193 e. The van der Waals surface area contributed by atoms with Gasteiger partial charge in [0.15, 0.2) is 8.32 Å². The van der Waals surface area contributed by atoms with Gasteiger partial charge in [-0.3, -0.25) is 0 Å². The van der Waals surface area contributed by atoms with Crippen molar-refractivity contribution in [3.8, 4) is 0 Å². The van der Waals surface area contributed by atoms with E-state index in [1.807, 2.05) is 0 Å². The Labute approximate surface area is 134 Å². The van der Waals surface area contributed by atoms with Gasteiger partial charge in [-0.05, 0) is 56.5 Å². The molecule has 1 nitrogen and oxygen atoms in total. The first-order chi connectivity index (χ1) is 8.96. The van der Waals surface area contributed by atoms with Gasteiger partial charge in [0, 0.05) is 4.48 Å². The topological polar surface area (TPSA) is 9.23 Å². The maximum absolute atomic E-state index is 6.65. The molecule has 114 valence electrons. The van der Waals surface area contributed by atoms with E-state index in [0.717, 1.165) is 17.3 Å². The average Bonchev–Trinajstić information content (AvgIpc) is 2.20. The Bertz CT molecular complexity index is 436. The predicted octanol–water partition coefficient (Wildman–Crippen LogP) is 6.34. The highest BCUT2D eigenvalue weighted by Crippen LogP contribution is 2.41. The molecule has 1 rings (SSSR count). The van der Waals surface area contributed by atoms with Crippen molar-refractivity contribution in [2.24, 2.45) is 0 Å². The standard InChI is InChI=1S/C17H29BrOSi/c1-16(2,3)20(6,7)19-17(4,5)14-10-8-9-11-15(18)13-12-14/h10-13H,8-9H2,1-7H3/b13-12-,14-10+,15-11-. The molecule has 0 radical (unpaired) electrons. The lowest BCUT2D eigenvalue weighted by Crippen LogP contribution is -2.48. The summed E-state index contributed by atoms with van der Waals surface area (Å²) in [5.41, 5.74) is 1.05. The van der Waals surface area contributed by atoms with Crippen molar-refractivity contribution < 1.29 is 4.43 Å². The molecule has 20 heavy (non-hydrogen) atoms. The van der Waals surface area contributed by atoms with Gasteiger partial charge in [-0.2, -0.15) is 0 Å². The van der Waals surface area contributed by atoms with Gasteiger partial charge in [0.1, 0.15) is 0 Å². The molecule has 0 saturated carbocycles. The second-order valence-electron chi connectivity index (χ2n) is 7.53. The van der Waals surface area contributed by atoms with Crippen LogP contribution in [0.1, 0.15) is 47.5 Å². The zero-order valence-corrected chi connectivity index (χ0v) is 16.6. The van der Waals surface area contributed by atoms with Gasteiger partial charge in [-0.25, -0.2) is 0 Å². The highest BCUT2D eigenvalue weighted by Gasteiger charge is 2.42. The van der Waals surface area contributed by atoms with Crippen LogP contribution in [0.3, 0.4) is 0 Å². The Morgan fingerprint density at radius 2 is 1.55 bits per heavy atom. The molecule has 0 fully saturated rings. The van der Waals surface area contributed by atoms with Crippen molar-refractivity contribution in [2.45, 2.75) is 71.2 Å². The molecule has 0 unspecified atom stereocenters. The minimum atomic E-state index is -1.77. The second kappa shape index (κ2) is 6.33. The third kappa shape index (κ3) is 4.71. The highest BCUT2D eigenvalue weighted by molar-refractivity contribution is 9.11. The van der Waals surface area contributed by atoms with E-state index < -0.39 is 8.32 Å². The van der Waals surface area contributed by atoms with Gasteiger partial charge in [0.2, 0.25) is 0 Å². The molecule has 0 aliphatic heterocycles. The third-order valence-electron chi connectivity index (χ3n) is 4.30. The molecule has 0 amide bonds. The zero-order chi connectivity index (χ0) is 15.6. The summed E-state index contributed by atoms with van der Waals surface area (Å²) in [5, 5.41) is 0.233. The van der Waals surface area contributed by atoms with Crippen LogP contribution in [0.2, 0.25) is 18.1 Å². The lowest BCUT2D eigenvalue weighted by molar-refractivity contribution is 0.132. The monoisotopic (exact) mass is 356 g/mol. The molecule has 0 saturated heterocycles. The van der Waals surface area contributed by atoms with Gasteiger partial charge >= 0.3 is 0 Å².